The molecule has 0 atom stereocenters. The third kappa shape index (κ3) is 7.40. The van der Waals surface area contributed by atoms with Gasteiger partial charge in [0.05, 0.1) is 37.4 Å². The van der Waals surface area contributed by atoms with Gasteiger partial charge in [0.1, 0.15) is 30.5 Å². The molecule has 1 saturated carbocycles. The molecule has 0 bridgehead atoms. The summed E-state index contributed by atoms with van der Waals surface area (Å²) in [5, 5.41) is 15.9. The van der Waals surface area contributed by atoms with Gasteiger partial charge in [-0.1, -0.05) is 4.98 Å². The molecule has 0 amide bonds. The molecule has 0 spiro atoms. The summed E-state index contributed by atoms with van der Waals surface area (Å²) in [6, 6.07) is 4.18. The summed E-state index contributed by atoms with van der Waals surface area (Å²) in [7, 11) is 5.81. The number of aromatic nitrogens is 6. The fraction of sp³-hybridized carbons (Fsp3) is 0.484. The maximum atomic E-state index is 11.6. The molecule has 6 rings (SSSR count). The lowest BCUT2D eigenvalue weighted by molar-refractivity contribution is -0.362. The first-order valence-electron chi connectivity index (χ1n) is 15.3. The van der Waals surface area contributed by atoms with Crippen LogP contribution < -0.4 is 19.7 Å². The van der Waals surface area contributed by atoms with Gasteiger partial charge in [0, 0.05) is 56.4 Å². The summed E-state index contributed by atoms with van der Waals surface area (Å²) < 4.78 is 20.4. The lowest BCUT2D eigenvalue weighted by Gasteiger charge is -2.31. The van der Waals surface area contributed by atoms with E-state index in [0.29, 0.717) is 35.5 Å². The zero-order chi connectivity index (χ0) is 31.3. The van der Waals surface area contributed by atoms with E-state index in [0.717, 1.165) is 73.3 Å². The van der Waals surface area contributed by atoms with Crippen LogP contribution in [-0.2, 0) is 24.9 Å². The quantitative estimate of drug-likeness (QED) is 0.114. The lowest BCUT2D eigenvalue weighted by atomic mass is 9.93. The molecule has 14 nitrogen and oxygen atoms in total. The Labute approximate surface area is 262 Å². The Balaban J connectivity index is 1.16. The Morgan fingerprint density at radius 2 is 1.80 bits per heavy atom. The lowest BCUT2D eigenvalue weighted by Crippen LogP contribution is -2.37. The second-order valence-electron chi connectivity index (χ2n) is 11.8. The number of ether oxygens (including phenoxy) is 3. The average Bonchev–Trinajstić information content (AvgIpc) is 3.42. The number of morpholine rings is 1. The fourth-order valence-electron chi connectivity index (χ4n) is 5.68. The highest BCUT2D eigenvalue weighted by atomic mass is 16.5. The molecule has 0 unspecified atom stereocenters. The standard InChI is InChI=1S/C31H40N10O4/c1-38(2)19-21-15-33-30(34-16-21)36-22-5-7-24(8-6-22)45-29-26-13-25(44-20-23-17-35-31(39(23)3)40(4)42)18-32-27(26)14-28(37-29)41-9-11-43-12-10-41/h13-18,22,24H,4-12,19-20H2,1-3H3,(H,33,34,36)/t22-,24+. The smallest absolute Gasteiger partial charge is 0.398 e. The highest BCUT2D eigenvalue weighted by Crippen LogP contribution is 2.33. The minimum absolute atomic E-state index is 0.0113. The number of rotatable bonds is 11. The maximum Gasteiger partial charge on any atom is 0.398 e. The second kappa shape index (κ2) is 13.6. The highest BCUT2D eigenvalue weighted by molar-refractivity contribution is 5.87. The number of pyridine rings is 2. The van der Waals surface area contributed by atoms with Crippen molar-refractivity contribution in [1.82, 2.24) is 34.4 Å². The van der Waals surface area contributed by atoms with E-state index in [1.165, 1.54) is 0 Å². The van der Waals surface area contributed by atoms with Gasteiger partial charge in [0.25, 0.3) is 0 Å². The van der Waals surface area contributed by atoms with Gasteiger partial charge >= 0.3 is 5.95 Å². The van der Waals surface area contributed by atoms with Crippen molar-refractivity contribution in [2.24, 2.45) is 7.05 Å². The van der Waals surface area contributed by atoms with Crippen molar-refractivity contribution in [3.05, 3.63) is 53.4 Å². The van der Waals surface area contributed by atoms with E-state index >= 15 is 0 Å². The Morgan fingerprint density at radius 1 is 1.04 bits per heavy atom. The Morgan fingerprint density at radius 3 is 2.49 bits per heavy atom. The number of fused-ring (bicyclic) bond motifs is 1. The summed E-state index contributed by atoms with van der Waals surface area (Å²) in [6.45, 7) is 7.22. The normalized spacial score (nSPS) is 18.7. The molecular formula is C31H40N10O4. The highest BCUT2D eigenvalue weighted by Gasteiger charge is 2.25. The van der Waals surface area contributed by atoms with Gasteiger partial charge in [-0.2, -0.15) is 4.98 Å². The molecule has 2 aliphatic rings. The molecule has 14 heteroatoms. The minimum Gasteiger partial charge on any atom is -0.741 e. The van der Waals surface area contributed by atoms with Crippen molar-refractivity contribution in [3.8, 4) is 11.6 Å². The number of hydrogen-bond donors (Lipinski definition) is 1. The first kappa shape index (κ1) is 30.5. The van der Waals surface area contributed by atoms with Crippen molar-refractivity contribution >= 4 is 35.3 Å². The topological polar surface area (TPSA) is 142 Å². The molecule has 2 fully saturated rings. The van der Waals surface area contributed by atoms with Crippen LogP contribution >= 0.6 is 0 Å². The van der Waals surface area contributed by atoms with Crippen LogP contribution in [0.5, 0.6) is 11.6 Å². The molecule has 1 N–H and O–H groups in total. The van der Waals surface area contributed by atoms with E-state index < -0.39 is 0 Å². The first-order chi connectivity index (χ1) is 21.8. The van der Waals surface area contributed by atoms with Gasteiger partial charge < -0.3 is 34.5 Å². The van der Waals surface area contributed by atoms with Gasteiger partial charge in [-0.15, -0.1) is 0 Å². The fourth-order valence-corrected chi connectivity index (χ4v) is 5.68. The van der Waals surface area contributed by atoms with Gasteiger partial charge in [-0.05, 0) is 45.8 Å². The van der Waals surface area contributed by atoms with E-state index in [4.69, 9.17) is 24.2 Å². The number of nitrogens with zero attached hydrogens (tertiary/aromatic N) is 9. The van der Waals surface area contributed by atoms with Gasteiger partial charge in [-0.3, -0.25) is 9.72 Å². The summed E-state index contributed by atoms with van der Waals surface area (Å²) in [4.78, 5) is 27.1. The van der Waals surface area contributed by atoms with Crippen LogP contribution in [0.1, 0.15) is 36.9 Å². The number of nitrogens with one attached hydrogen (secondary N) is 1. The first-order valence-corrected chi connectivity index (χ1v) is 15.3. The molecule has 1 saturated heterocycles. The largest absolute Gasteiger partial charge is 0.741 e. The molecule has 0 aromatic carbocycles. The zero-order valence-corrected chi connectivity index (χ0v) is 26.1. The van der Waals surface area contributed by atoms with Crippen LogP contribution in [0.15, 0.2) is 36.9 Å². The zero-order valence-electron chi connectivity index (χ0n) is 26.1. The van der Waals surface area contributed by atoms with E-state index in [2.05, 4.69) is 36.8 Å². The van der Waals surface area contributed by atoms with Crippen LogP contribution in [-0.4, -0.2) is 98.4 Å². The molecule has 238 valence electrons. The Bertz CT molecular complexity index is 1610. The summed E-state index contributed by atoms with van der Waals surface area (Å²) >= 11 is 0. The number of anilines is 2. The molecule has 1 aliphatic heterocycles. The Hall–Kier alpha value is -4.56. The van der Waals surface area contributed by atoms with Crippen molar-refractivity contribution in [1.29, 1.82) is 0 Å². The van der Waals surface area contributed by atoms with Crippen molar-refractivity contribution in [2.45, 2.75) is 51.0 Å². The maximum absolute atomic E-state index is 11.6. The van der Waals surface area contributed by atoms with Gasteiger partial charge in [0.15, 0.2) is 5.69 Å². The van der Waals surface area contributed by atoms with Gasteiger partial charge in [-0.25, -0.2) is 14.5 Å². The van der Waals surface area contributed by atoms with Crippen LogP contribution in [0.2, 0.25) is 0 Å². The van der Waals surface area contributed by atoms with E-state index in [1.807, 2.05) is 38.6 Å². The van der Waals surface area contributed by atoms with Crippen LogP contribution in [0.25, 0.3) is 10.9 Å². The molecule has 1 aliphatic carbocycles. The van der Waals surface area contributed by atoms with Gasteiger partial charge in [0.2, 0.25) is 11.8 Å². The summed E-state index contributed by atoms with van der Waals surface area (Å²) in [6.07, 6.45) is 10.7. The number of hydrogen-bond acceptors (Lipinski definition) is 12. The van der Waals surface area contributed by atoms with E-state index in [9.17, 15) is 5.21 Å². The minimum atomic E-state index is 0.0113. The predicted molar refractivity (Wildman–Crippen MR) is 170 cm³/mol. The van der Waals surface area contributed by atoms with Crippen LogP contribution in [0.4, 0.5) is 17.7 Å². The SMILES string of the molecule is C=[N+]([O-])c1ncc(COc2cnc3cc(N4CCOCC4)nc(O[C@H]4CC[C@@H](Nc5ncc(CN(C)C)cn5)CC4)c3c2)n1C. The predicted octanol–water partition coefficient (Wildman–Crippen LogP) is 3.28. The Kier molecular flexibility index (Phi) is 9.21. The average molecular weight is 617 g/mol. The monoisotopic (exact) mass is 616 g/mol. The van der Waals surface area contributed by atoms with Crippen LogP contribution in [0.3, 0.4) is 0 Å². The molecule has 0 radical (unpaired) electrons. The van der Waals surface area contributed by atoms with E-state index in [-0.39, 0.29) is 24.7 Å². The van der Waals surface area contributed by atoms with Crippen molar-refractivity contribution in [3.63, 3.8) is 0 Å². The third-order valence-corrected chi connectivity index (χ3v) is 8.10. The third-order valence-electron chi connectivity index (χ3n) is 8.10. The molecule has 45 heavy (non-hydrogen) atoms. The number of imidazole rings is 1. The van der Waals surface area contributed by atoms with Crippen molar-refractivity contribution in [2.75, 3.05) is 50.6 Å². The second-order valence-corrected chi connectivity index (χ2v) is 11.8. The summed E-state index contributed by atoms with van der Waals surface area (Å²) in [5.74, 6) is 2.80. The molecular weight excluding hydrogens is 576 g/mol. The van der Waals surface area contributed by atoms with Crippen molar-refractivity contribution < 1.29 is 18.9 Å². The summed E-state index contributed by atoms with van der Waals surface area (Å²) in [5.41, 5.74) is 2.59. The molecule has 5 heterocycles. The van der Waals surface area contributed by atoms with E-state index in [1.54, 1.807) is 24.0 Å². The van der Waals surface area contributed by atoms with Crippen LogP contribution in [0, 0.1) is 5.21 Å². The molecule has 4 aromatic rings. The molecule has 4 aromatic heterocycles.